The van der Waals surface area contributed by atoms with Crippen molar-refractivity contribution in [3.8, 4) is 0 Å². The van der Waals surface area contributed by atoms with E-state index in [1.807, 2.05) is 29.6 Å². The minimum absolute atomic E-state index is 0.0263. The number of benzene rings is 1. The van der Waals surface area contributed by atoms with E-state index in [0.29, 0.717) is 18.7 Å². The molecule has 3 nitrogen and oxygen atoms in total. The van der Waals surface area contributed by atoms with Crippen LogP contribution in [0.5, 0.6) is 0 Å². The van der Waals surface area contributed by atoms with E-state index in [4.69, 9.17) is 5.73 Å². The van der Waals surface area contributed by atoms with E-state index < -0.39 is 0 Å². The van der Waals surface area contributed by atoms with Crippen molar-refractivity contribution in [3.05, 3.63) is 35.2 Å². The van der Waals surface area contributed by atoms with Crippen LogP contribution in [0.15, 0.2) is 29.6 Å². The second kappa shape index (κ2) is 5.09. The molecule has 0 fully saturated rings. The predicted molar refractivity (Wildman–Crippen MR) is 67.8 cm³/mol. The first-order valence-corrected chi connectivity index (χ1v) is 6.15. The maximum absolute atomic E-state index is 11.7. The SMILES string of the molecule is NCCCNC(=O)c1ccc2sccc2c1. The van der Waals surface area contributed by atoms with Crippen molar-refractivity contribution in [3.63, 3.8) is 0 Å². The van der Waals surface area contributed by atoms with Gasteiger partial charge in [-0.2, -0.15) is 0 Å². The van der Waals surface area contributed by atoms with Crippen molar-refractivity contribution in [2.45, 2.75) is 6.42 Å². The van der Waals surface area contributed by atoms with E-state index in [2.05, 4.69) is 5.32 Å². The van der Waals surface area contributed by atoms with Gasteiger partial charge < -0.3 is 11.1 Å². The zero-order chi connectivity index (χ0) is 11.4. The van der Waals surface area contributed by atoms with Crippen molar-refractivity contribution >= 4 is 27.3 Å². The maximum atomic E-state index is 11.7. The summed E-state index contributed by atoms with van der Waals surface area (Å²) in [6.45, 7) is 1.24. The molecule has 0 bridgehead atoms. The molecule has 0 radical (unpaired) electrons. The Balaban J connectivity index is 2.10. The Kier molecular flexibility index (Phi) is 3.54. The van der Waals surface area contributed by atoms with Gasteiger partial charge in [-0.05, 0) is 48.0 Å². The molecule has 1 heterocycles. The first-order chi connectivity index (χ1) is 7.81. The van der Waals surface area contributed by atoms with Gasteiger partial charge in [-0.15, -0.1) is 11.3 Å². The zero-order valence-electron chi connectivity index (χ0n) is 8.90. The lowest BCUT2D eigenvalue weighted by molar-refractivity contribution is 0.0953. The number of carbonyl (C=O) groups excluding carboxylic acids is 1. The Morgan fingerprint density at radius 3 is 3.06 bits per heavy atom. The van der Waals surface area contributed by atoms with E-state index in [1.165, 1.54) is 4.70 Å². The molecule has 1 aromatic carbocycles. The summed E-state index contributed by atoms with van der Waals surface area (Å²) < 4.78 is 1.21. The molecule has 1 aromatic heterocycles. The Morgan fingerprint density at radius 1 is 1.38 bits per heavy atom. The number of nitrogens with one attached hydrogen (secondary N) is 1. The zero-order valence-corrected chi connectivity index (χ0v) is 9.72. The van der Waals surface area contributed by atoms with Crippen LogP contribution < -0.4 is 11.1 Å². The van der Waals surface area contributed by atoms with Crippen LogP contribution in [-0.2, 0) is 0 Å². The summed E-state index contributed by atoms with van der Waals surface area (Å²) in [4.78, 5) is 11.7. The highest BCUT2D eigenvalue weighted by molar-refractivity contribution is 7.17. The number of carbonyl (C=O) groups is 1. The summed E-state index contributed by atoms with van der Waals surface area (Å²) in [5.74, 6) is -0.0263. The van der Waals surface area contributed by atoms with Gasteiger partial charge in [0.05, 0.1) is 0 Å². The smallest absolute Gasteiger partial charge is 0.251 e. The summed E-state index contributed by atoms with van der Waals surface area (Å²) in [6, 6.07) is 7.79. The maximum Gasteiger partial charge on any atom is 0.251 e. The van der Waals surface area contributed by atoms with Crippen LogP contribution in [-0.4, -0.2) is 19.0 Å². The minimum atomic E-state index is -0.0263. The Bertz CT molecular complexity index is 492. The molecular formula is C12H14N2OS. The van der Waals surface area contributed by atoms with Crippen LogP contribution in [0.2, 0.25) is 0 Å². The number of rotatable bonds is 4. The quantitative estimate of drug-likeness (QED) is 0.795. The van der Waals surface area contributed by atoms with Gasteiger partial charge in [0.25, 0.3) is 5.91 Å². The van der Waals surface area contributed by atoms with E-state index in [9.17, 15) is 4.79 Å². The number of hydrogen-bond acceptors (Lipinski definition) is 3. The molecule has 0 unspecified atom stereocenters. The van der Waals surface area contributed by atoms with Crippen LogP contribution >= 0.6 is 11.3 Å². The van der Waals surface area contributed by atoms with Crippen LogP contribution in [0.1, 0.15) is 16.8 Å². The Morgan fingerprint density at radius 2 is 2.25 bits per heavy atom. The molecule has 1 amide bonds. The second-order valence-corrected chi connectivity index (χ2v) is 4.52. The molecule has 0 aliphatic carbocycles. The van der Waals surface area contributed by atoms with Gasteiger partial charge in [0.1, 0.15) is 0 Å². The highest BCUT2D eigenvalue weighted by Crippen LogP contribution is 2.21. The predicted octanol–water partition coefficient (Wildman–Crippen LogP) is 1.98. The fraction of sp³-hybridized carbons (Fsp3) is 0.250. The third kappa shape index (κ3) is 2.40. The third-order valence-electron chi connectivity index (χ3n) is 2.38. The third-order valence-corrected chi connectivity index (χ3v) is 3.28. The summed E-state index contributed by atoms with van der Waals surface area (Å²) in [6.07, 6.45) is 0.812. The lowest BCUT2D eigenvalue weighted by Crippen LogP contribution is -2.25. The van der Waals surface area contributed by atoms with Crippen LogP contribution in [0.25, 0.3) is 10.1 Å². The monoisotopic (exact) mass is 234 g/mol. The summed E-state index contributed by atoms with van der Waals surface area (Å²) in [5.41, 5.74) is 6.08. The van der Waals surface area contributed by atoms with E-state index >= 15 is 0 Å². The van der Waals surface area contributed by atoms with E-state index in [-0.39, 0.29) is 5.91 Å². The van der Waals surface area contributed by atoms with Gasteiger partial charge >= 0.3 is 0 Å². The lowest BCUT2D eigenvalue weighted by Gasteiger charge is -2.04. The van der Waals surface area contributed by atoms with Crippen molar-refractivity contribution < 1.29 is 4.79 Å². The molecular weight excluding hydrogens is 220 g/mol. The van der Waals surface area contributed by atoms with E-state index in [0.717, 1.165) is 11.8 Å². The first-order valence-electron chi connectivity index (χ1n) is 5.27. The van der Waals surface area contributed by atoms with Gasteiger partial charge in [0, 0.05) is 16.8 Å². The topological polar surface area (TPSA) is 55.1 Å². The Labute approximate surface area is 98.3 Å². The molecule has 3 N–H and O–H groups in total. The minimum Gasteiger partial charge on any atom is -0.352 e. The highest BCUT2D eigenvalue weighted by atomic mass is 32.1. The highest BCUT2D eigenvalue weighted by Gasteiger charge is 2.05. The molecule has 4 heteroatoms. The van der Waals surface area contributed by atoms with Gasteiger partial charge in [0.15, 0.2) is 0 Å². The van der Waals surface area contributed by atoms with Gasteiger partial charge in [0.2, 0.25) is 0 Å². The summed E-state index contributed by atoms with van der Waals surface area (Å²) >= 11 is 1.68. The molecule has 0 saturated carbocycles. The number of amides is 1. The molecule has 0 saturated heterocycles. The molecule has 84 valence electrons. The van der Waals surface area contributed by atoms with Crippen molar-refractivity contribution in [2.75, 3.05) is 13.1 Å². The van der Waals surface area contributed by atoms with Gasteiger partial charge in [-0.1, -0.05) is 0 Å². The van der Waals surface area contributed by atoms with Crippen LogP contribution in [0.3, 0.4) is 0 Å². The molecule has 0 atom stereocenters. The fourth-order valence-corrected chi connectivity index (χ4v) is 2.28. The molecule has 16 heavy (non-hydrogen) atoms. The lowest BCUT2D eigenvalue weighted by atomic mass is 10.1. The largest absolute Gasteiger partial charge is 0.352 e. The number of thiophene rings is 1. The van der Waals surface area contributed by atoms with Gasteiger partial charge in [-0.25, -0.2) is 0 Å². The van der Waals surface area contributed by atoms with Crippen molar-refractivity contribution in [1.82, 2.24) is 5.32 Å². The number of nitrogens with two attached hydrogens (primary N) is 1. The van der Waals surface area contributed by atoms with Crippen molar-refractivity contribution in [2.24, 2.45) is 5.73 Å². The number of hydrogen-bond donors (Lipinski definition) is 2. The van der Waals surface area contributed by atoms with Crippen LogP contribution in [0.4, 0.5) is 0 Å². The molecule has 0 spiro atoms. The van der Waals surface area contributed by atoms with Crippen molar-refractivity contribution in [1.29, 1.82) is 0 Å². The molecule has 2 aromatic rings. The Hall–Kier alpha value is -1.39. The second-order valence-electron chi connectivity index (χ2n) is 3.57. The van der Waals surface area contributed by atoms with E-state index in [1.54, 1.807) is 11.3 Å². The summed E-state index contributed by atoms with van der Waals surface area (Å²) in [5, 5.41) is 5.99. The summed E-state index contributed by atoms with van der Waals surface area (Å²) in [7, 11) is 0. The fourth-order valence-electron chi connectivity index (χ4n) is 1.51. The average Bonchev–Trinajstić information content (AvgIpc) is 2.76. The first kappa shape index (κ1) is 11.1. The number of fused-ring (bicyclic) bond motifs is 1. The van der Waals surface area contributed by atoms with Crippen LogP contribution in [0, 0.1) is 0 Å². The standard InChI is InChI=1S/C12H14N2OS/c13-5-1-6-14-12(15)10-2-3-11-9(8-10)4-7-16-11/h2-4,7-8H,1,5-6,13H2,(H,14,15). The normalized spacial score (nSPS) is 10.6. The molecule has 2 rings (SSSR count). The molecule has 0 aliphatic heterocycles. The average molecular weight is 234 g/mol. The van der Waals surface area contributed by atoms with Gasteiger partial charge in [-0.3, -0.25) is 4.79 Å². The molecule has 0 aliphatic rings.